The van der Waals surface area contributed by atoms with E-state index in [2.05, 4.69) is 4.74 Å². The van der Waals surface area contributed by atoms with E-state index in [9.17, 15) is 9.59 Å². The van der Waals surface area contributed by atoms with Crippen LogP contribution in [0.5, 0.6) is 0 Å². The molecule has 104 valence electrons. The number of benzene rings is 1. The highest BCUT2D eigenvalue weighted by Crippen LogP contribution is 2.19. The lowest BCUT2D eigenvalue weighted by atomic mass is 10.2. The maximum atomic E-state index is 11.3. The van der Waals surface area contributed by atoms with Gasteiger partial charge in [0.05, 0.1) is 7.11 Å². The van der Waals surface area contributed by atoms with Crippen LogP contribution in [0.2, 0.25) is 0 Å². The molecule has 0 heterocycles. The molecule has 0 saturated carbocycles. The summed E-state index contributed by atoms with van der Waals surface area (Å²) < 4.78 is 4.56. The van der Waals surface area contributed by atoms with Crippen molar-refractivity contribution in [3.05, 3.63) is 24.3 Å². The van der Waals surface area contributed by atoms with Crippen molar-refractivity contribution in [1.82, 2.24) is 0 Å². The molecular formula is C13H18N2O4. The second-order valence-corrected chi connectivity index (χ2v) is 4.24. The topological polar surface area (TPSA) is 70.1 Å². The van der Waals surface area contributed by atoms with Gasteiger partial charge in [-0.2, -0.15) is 0 Å². The summed E-state index contributed by atoms with van der Waals surface area (Å²) in [6, 6.07) is 7.28. The monoisotopic (exact) mass is 266 g/mol. The SMILES string of the molecule is COC(=O)CN(CC(=O)O)c1ccc(N(C)C)cc1. The van der Waals surface area contributed by atoms with Crippen LogP contribution in [0, 0.1) is 0 Å². The van der Waals surface area contributed by atoms with Crippen molar-refractivity contribution in [3.8, 4) is 0 Å². The van der Waals surface area contributed by atoms with E-state index in [1.165, 1.54) is 12.0 Å². The van der Waals surface area contributed by atoms with Crippen LogP contribution in [-0.2, 0) is 14.3 Å². The number of methoxy groups -OCH3 is 1. The number of carboxylic acids is 1. The molecule has 19 heavy (non-hydrogen) atoms. The third kappa shape index (κ3) is 4.50. The minimum Gasteiger partial charge on any atom is -0.480 e. The lowest BCUT2D eigenvalue weighted by molar-refractivity contribution is -0.139. The first-order valence-electron chi connectivity index (χ1n) is 5.75. The van der Waals surface area contributed by atoms with Gasteiger partial charge in [0.15, 0.2) is 0 Å². The standard InChI is InChI=1S/C13H18N2O4/c1-14(2)10-4-6-11(7-5-10)15(8-12(16)17)9-13(18)19-3/h4-7H,8-9H2,1-3H3,(H,16,17). The van der Waals surface area contributed by atoms with Crippen LogP contribution in [0.3, 0.4) is 0 Å². The summed E-state index contributed by atoms with van der Waals surface area (Å²) >= 11 is 0. The molecule has 0 aliphatic carbocycles. The Morgan fingerprint density at radius 1 is 1.11 bits per heavy atom. The summed E-state index contributed by atoms with van der Waals surface area (Å²) in [5.74, 6) is -1.47. The maximum absolute atomic E-state index is 11.3. The van der Waals surface area contributed by atoms with E-state index in [0.29, 0.717) is 5.69 Å². The lowest BCUT2D eigenvalue weighted by Gasteiger charge is -2.22. The Bertz CT molecular complexity index is 442. The molecule has 0 bridgehead atoms. The predicted molar refractivity (Wildman–Crippen MR) is 72.6 cm³/mol. The number of hydrogen-bond donors (Lipinski definition) is 1. The van der Waals surface area contributed by atoms with Gasteiger partial charge in [0.1, 0.15) is 13.1 Å². The highest BCUT2D eigenvalue weighted by Gasteiger charge is 2.15. The summed E-state index contributed by atoms with van der Waals surface area (Å²) in [4.78, 5) is 25.5. The first-order valence-corrected chi connectivity index (χ1v) is 5.75. The Morgan fingerprint density at radius 3 is 2.05 bits per heavy atom. The van der Waals surface area contributed by atoms with Gasteiger partial charge in [-0.3, -0.25) is 9.59 Å². The van der Waals surface area contributed by atoms with Crippen LogP contribution < -0.4 is 9.80 Å². The van der Waals surface area contributed by atoms with Gasteiger partial charge in [-0.05, 0) is 24.3 Å². The summed E-state index contributed by atoms with van der Waals surface area (Å²) in [5, 5.41) is 8.87. The van der Waals surface area contributed by atoms with Gasteiger partial charge >= 0.3 is 11.9 Å². The zero-order valence-electron chi connectivity index (χ0n) is 11.3. The second-order valence-electron chi connectivity index (χ2n) is 4.24. The normalized spacial score (nSPS) is 9.84. The molecule has 0 atom stereocenters. The Labute approximate surface area is 112 Å². The fourth-order valence-electron chi connectivity index (χ4n) is 1.58. The lowest BCUT2D eigenvalue weighted by Crippen LogP contribution is -2.35. The number of ether oxygens (including phenoxy) is 1. The van der Waals surface area contributed by atoms with Gasteiger partial charge in [0.25, 0.3) is 0 Å². The molecule has 0 spiro atoms. The van der Waals surface area contributed by atoms with E-state index in [4.69, 9.17) is 5.11 Å². The highest BCUT2D eigenvalue weighted by atomic mass is 16.5. The number of rotatable bonds is 6. The fourth-order valence-corrected chi connectivity index (χ4v) is 1.58. The average Bonchev–Trinajstić information content (AvgIpc) is 2.37. The van der Waals surface area contributed by atoms with Crippen LogP contribution in [0.15, 0.2) is 24.3 Å². The molecule has 1 aromatic rings. The molecule has 0 saturated heterocycles. The minimum atomic E-state index is -0.999. The van der Waals surface area contributed by atoms with Crippen molar-refractivity contribution in [2.24, 2.45) is 0 Å². The molecule has 6 heteroatoms. The van der Waals surface area contributed by atoms with E-state index < -0.39 is 11.9 Å². The van der Waals surface area contributed by atoms with E-state index >= 15 is 0 Å². The van der Waals surface area contributed by atoms with Gasteiger partial charge in [-0.1, -0.05) is 0 Å². The summed E-state index contributed by atoms with van der Waals surface area (Å²) in [7, 11) is 5.10. The van der Waals surface area contributed by atoms with Crippen molar-refractivity contribution in [1.29, 1.82) is 0 Å². The summed E-state index contributed by atoms with van der Waals surface area (Å²) in [5.41, 5.74) is 1.66. The smallest absolute Gasteiger partial charge is 0.325 e. The fraction of sp³-hybridized carbons (Fsp3) is 0.385. The Hall–Kier alpha value is -2.24. The zero-order valence-corrected chi connectivity index (χ0v) is 11.3. The van der Waals surface area contributed by atoms with Gasteiger partial charge < -0.3 is 19.6 Å². The van der Waals surface area contributed by atoms with Gasteiger partial charge in [0, 0.05) is 25.5 Å². The van der Waals surface area contributed by atoms with E-state index in [0.717, 1.165) is 5.69 Å². The molecule has 0 aliphatic heterocycles. The third-order valence-electron chi connectivity index (χ3n) is 2.61. The van der Waals surface area contributed by atoms with Crippen molar-refractivity contribution in [3.63, 3.8) is 0 Å². The number of nitrogens with zero attached hydrogens (tertiary/aromatic N) is 2. The van der Waals surface area contributed by atoms with Crippen LogP contribution >= 0.6 is 0 Å². The molecule has 0 aromatic heterocycles. The van der Waals surface area contributed by atoms with E-state index in [-0.39, 0.29) is 13.1 Å². The van der Waals surface area contributed by atoms with Crippen molar-refractivity contribution < 1.29 is 19.4 Å². The maximum Gasteiger partial charge on any atom is 0.325 e. The zero-order chi connectivity index (χ0) is 14.4. The number of carboxylic acid groups (broad SMARTS) is 1. The number of carbonyl (C=O) groups excluding carboxylic acids is 1. The molecular weight excluding hydrogens is 248 g/mol. The Kier molecular flexibility index (Phi) is 5.17. The summed E-state index contributed by atoms with van der Waals surface area (Å²) in [6.07, 6.45) is 0. The van der Waals surface area contributed by atoms with Crippen LogP contribution in [0.1, 0.15) is 0 Å². The molecule has 0 fully saturated rings. The number of aliphatic carboxylic acids is 1. The van der Waals surface area contributed by atoms with Crippen LogP contribution in [0.4, 0.5) is 11.4 Å². The average molecular weight is 266 g/mol. The molecule has 6 nitrogen and oxygen atoms in total. The molecule has 0 aliphatic rings. The second kappa shape index (κ2) is 6.63. The first kappa shape index (κ1) is 14.8. The van der Waals surface area contributed by atoms with Gasteiger partial charge in [-0.15, -0.1) is 0 Å². The molecule has 0 radical (unpaired) electrons. The molecule has 0 amide bonds. The molecule has 1 aromatic carbocycles. The molecule has 1 rings (SSSR count). The molecule has 1 N–H and O–H groups in total. The largest absolute Gasteiger partial charge is 0.480 e. The van der Waals surface area contributed by atoms with Crippen molar-refractivity contribution in [2.45, 2.75) is 0 Å². The number of hydrogen-bond acceptors (Lipinski definition) is 5. The van der Waals surface area contributed by atoms with Gasteiger partial charge in [-0.25, -0.2) is 0 Å². The summed E-state index contributed by atoms with van der Waals surface area (Å²) in [6.45, 7) is -0.347. The molecule has 0 unspecified atom stereocenters. The number of esters is 1. The van der Waals surface area contributed by atoms with E-state index in [1.807, 2.05) is 31.1 Å². The van der Waals surface area contributed by atoms with Crippen molar-refractivity contribution in [2.75, 3.05) is 44.1 Å². The Morgan fingerprint density at radius 2 is 1.63 bits per heavy atom. The van der Waals surface area contributed by atoms with Gasteiger partial charge in [0.2, 0.25) is 0 Å². The number of anilines is 2. The number of carbonyl (C=O) groups is 2. The first-order chi connectivity index (χ1) is 8.93. The minimum absolute atomic E-state index is 0.0931. The van der Waals surface area contributed by atoms with E-state index in [1.54, 1.807) is 12.1 Å². The Balaban J connectivity index is 2.89. The highest BCUT2D eigenvalue weighted by molar-refractivity contribution is 5.80. The van der Waals surface area contributed by atoms with Crippen molar-refractivity contribution >= 4 is 23.3 Å². The predicted octanol–water partition coefficient (Wildman–Crippen LogP) is 0.817. The van der Waals surface area contributed by atoms with Crippen LogP contribution in [-0.4, -0.2) is 51.3 Å². The van der Waals surface area contributed by atoms with Crippen LogP contribution in [0.25, 0.3) is 0 Å². The quantitative estimate of drug-likeness (QED) is 0.769. The third-order valence-corrected chi connectivity index (χ3v) is 2.61.